The van der Waals surface area contributed by atoms with Crippen LogP contribution in [0.1, 0.15) is 54.6 Å². The molecule has 1 aliphatic rings. The van der Waals surface area contributed by atoms with Crippen LogP contribution in [0, 0.1) is 17.6 Å². The standard InChI is InChI=1S/C25H24F4N4O2/c1-3-14-11-25(28,29)8-6-17(14)21-22(33-23(34)15-12-31-24(35-2)32-13-15)18(7-9-30-21)19-10-16(26)4-5-20(19)27/h4-5,7,9-10,12-14,17H,3,6,8,11H2,1-2H3,(H,33,34). The zero-order valence-electron chi connectivity index (χ0n) is 19.2. The fourth-order valence-electron chi connectivity index (χ4n) is 4.56. The molecule has 2 heterocycles. The number of methoxy groups -OCH3 is 1. The third-order valence-electron chi connectivity index (χ3n) is 6.34. The molecule has 2 atom stereocenters. The van der Waals surface area contributed by atoms with Crippen molar-refractivity contribution in [2.45, 2.75) is 44.4 Å². The molecule has 0 aliphatic heterocycles. The molecule has 1 saturated carbocycles. The van der Waals surface area contributed by atoms with E-state index in [0.29, 0.717) is 12.1 Å². The molecule has 2 aromatic heterocycles. The molecule has 35 heavy (non-hydrogen) atoms. The zero-order chi connectivity index (χ0) is 25.2. The number of pyridine rings is 1. The van der Waals surface area contributed by atoms with Crippen LogP contribution in [0.5, 0.6) is 6.01 Å². The van der Waals surface area contributed by atoms with Crippen LogP contribution in [-0.2, 0) is 0 Å². The molecule has 1 fully saturated rings. The largest absolute Gasteiger partial charge is 0.467 e. The molecule has 1 aromatic carbocycles. The zero-order valence-corrected chi connectivity index (χ0v) is 19.2. The number of nitrogens with one attached hydrogen (secondary N) is 1. The fourth-order valence-corrected chi connectivity index (χ4v) is 4.56. The predicted molar refractivity (Wildman–Crippen MR) is 121 cm³/mol. The van der Waals surface area contributed by atoms with Gasteiger partial charge >= 0.3 is 6.01 Å². The van der Waals surface area contributed by atoms with E-state index in [-0.39, 0.29) is 47.7 Å². The van der Waals surface area contributed by atoms with E-state index in [4.69, 9.17) is 4.74 Å². The van der Waals surface area contributed by atoms with Crippen LogP contribution in [0.4, 0.5) is 23.2 Å². The number of carbonyl (C=O) groups excluding carboxylic acids is 1. The lowest BCUT2D eigenvalue weighted by Crippen LogP contribution is -2.32. The van der Waals surface area contributed by atoms with E-state index in [1.54, 1.807) is 0 Å². The summed E-state index contributed by atoms with van der Waals surface area (Å²) in [7, 11) is 1.38. The lowest BCUT2D eigenvalue weighted by atomic mass is 9.73. The average Bonchev–Trinajstić information content (AvgIpc) is 2.85. The second kappa shape index (κ2) is 9.97. The monoisotopic (exact) mass is 488 g/mol. The Morgan fingerprint density at radius 3 is 2.57 bits per heavy atom. The minimum atomic E-state index is -2.78. The lowest BCUT2D eigenvalue weighted by Gasteiger charge is -2.36. The van der Waals surface area contributed by atoms with E-state index in [1.165, 1.54) is 31.8 Å². The fraction of sp³-hybridized carbons (Fsp3) is 0.360. The summed E-state index contributed by atoms with van der Waals surface area (Å²) < 4.78 is 62.0. The molecule has 0 radical (unpaired) electrons. The van der Waals surface area contributed by atoms with Gasteiger partial charge in [-0.05, 0) is 36.6 Å². The summed E-state index contributed by atoms with van der Waals surface area (Å²) in [5.74, 6) is -5.57. The minimum Gasteiger partial charge on any atom is -0.467 e. The van der Waals surface area contributed by atoms with Gasteiger partial charge in [0.2, 0.25) is 5.92 Å². The SMILES string of the molecule is CCC1CC(F)(F)CCC1c1nccc(-c2cc(F)ccc2F)c1NC(=O)c1cnc(OC)nc1. The number of nitrogens with zero attached hydrogens (tertiary/aromatic N) is 3. The summed E-state index contributed by atoms with van der Waals surface area (Å²) in [4.78, 5) is 25.4. The molecule has 1 aliphatic carbocycles. The summed E-state index contributed by atoms with van der Waals surface area (Å²) in [6.07, 6.45) is 3.91. The summed E-state index contributed by atoms with van der Waals surface area (Å²) >= 11 is 0. The summed E-state index contributed by atoms with van der Waals surface area (Å²) in [6.45, 7) is 1.82. The number of ether oxygens (including phenoxy) is 1. The molecule has 3 aromatic rings. The number of halogens is 4. The van der Waals surface area contributed by atoms with E-state index in [2.05, 4.69) is 20.3 Å². The molecular formula is C25H24F4N4O2. The maximum atomic E-state index is 14.8. The van der Waals surface area contributed by atoms with Gasteiger partial charge in [-0.2, -0.15) is 0 Å². The van der Waals surface area contributed by atoms with Crippen molar-refractivity contribution in [1.82, 2.24) is 15.0 Å². The average molecular weight is 488 g/mol. The number of aromatic nitrogens is 3. The van der Waals surface area contributed by atoms with Crippen LogP contribution in [0.3, 0.4) is 0 Å². The second-order valence-corrected chi connectivity index (χ2v) is 8.53. The van der Waals surface area contributed by atoms with Gasteiger partial charge in [0.15, 0.2) is 0 Å². The Morgan fingerprint density at radius 2 is 1.89 bits per heavy atom. The molecule has 1 amide bonds. The number of hydrogen-bond acceptors (Lipinski definition) is 5. The number of anilines is 1. The first kappa shape index (κ1) is 24.6. The summed E-state index contributed by atoms with van der Waals surface area (Å²) in [5, 5.41) is 2.74. The molecule has 10 heteroatoms. The van der Waals surface area contributed by atoms with Gasteiger partial charge in [0, 0.05) is 48.5 Å². The van der Waals surface area contributed by atoms with Crippen LogP contribution >= 0.6 is 0 Å². The maximum Gasteiger partial charge on any atom is 0.316 e. The Balaban J connectivity index is 1.82. The molecule has 6 nitrogen and oxygen atoms in total. The highest BCUT2D eigenvalue weighted by Gasteiger charge is 2.42. The van der Waals surface area contributed by atoms with Gasteiger partial charge < -0.3 is 10.1 Å². The number of rotatable bonds is 6. The highest BCUT2D eigenvalue weighted by atomic mass is 19.3. The van der Waals surface area contributed by atoms with Crippen LogP contribution < -0.4 is 10.1 Å². The highest BCUT2D eigenvalue weighted by molar-refractivity contribution is 6.06. The van der Waals surface area contributed by atoms with E-state index in [1.807, 2.05) is 6.92 Å². The van der Waals surface area contributed by atoms with Crippen LogP contribution in [0.15, 0.2) is 42.9 Å². The number of alkyl halides is 2. The quantitative estimate of drug-likeness (QED) is 0.430. The summed E-state index contributed by atoms with van der Waals surface area (Å²) in [5.41, 5.74) is 0.711. The van der Waals surface area contributed by atoms with Crippen LogP contribution in [0.2, 0.25) is 0 Å². The molecular weight excluding hydrogens is 464 g/mol. The Labute approximate surface area is 199 Å². The number of carbonyl (C=O) groups is 1. The molecule has 0 saturated heterocycles. The normalized spacial score (nSPS) is 19.3. The molecule has 4 rings (SSSR count). The first-order valence-corrected chi connectivity index (χ1v) is 11.2. The van der Waals surface area contributed by atoms with Crippen molar-refractivity contribution in [2.24, 2.45) is 5.92 Å². The Kier molecular flexibility index (Phi) is 7.00. The topological polar surface area (TPSA) is 77.0 Å². The molecule has 184 valence electrons. The van der Waals surface area contributed by atoms with Crippen molar-refractivity contribution in [2.75, 3.05) is 12.4 Å². The predicted octanol–water partition coefficient (Wildman–Crippen LogP) is 6.01. The van der Waals surface area contributed by atoms with E-state index < -0.39 is 35.3 Å². The Hall–Kier alpha value is -3.56. The Bertz CT molecular complexity index is 1220. The lowest BCUT2D eigenvalue weighted by molar-refractivity contribution is -0.0595. The first-order valence-electron chi connectivity index (χ1n) is 11.2. The first-order chi connectivity index (χ1) is 16.7. The van der Waals surface area contributed by atoms with Crippen LogP contribution in [0.25, 0.3) is 11.1 Å². The van der Waals surface area contributed by atoms with Crippen LogP contribution in [-0.4, -0.2) is 33.9 Å². The summed E-state index contributed by atoms with van der Waals surface area (Å²) in [6, 6.07) is 4.53. The van der Waals surface area contributed by atoms with Crippen molar-refractivity contribution in [3.05, 3.63) is 65.7 Å². The smallest absolute Gasteiger partial charge is 0.316 e. The van der Waals surface area contributed by atoms with Crippen molar-refractivity contribution in [3.8, 4) is 17.1 Å². The van der Waals surface area contributed by atoms with Gasteiger partial charge in [0.25, 0.3) is 5.91 Å². The Morgan fingerprint density at radius 1 is 1.14 bits per heavy atom. The molecule has 2 unspecified atom stereocenters. The van der Waals surface area contributed by atoms with Gasteiger partial charge in [-0.3, -0.25) is 9.78 Å². The van der Waals surface area contributed by atoms with E-state index in [9.17, 15) is 22.4 Å². The van der Waals surface area contributed by atoms with E-state index in [0.717, 1.165) is 18.2 Å². The number of amides is 1. The molecule has 0 spiro atoms. The van der Waals surface area contributed by atoms with Crippen molar-refractivity contribution >= 4 is 11.6 Å². The highest BCUT2D eigenvalue weighted by Crippen LogP contribution is 2.48. The van der Waals surface area contributed by atoms with Gasteiger partial charge in [-0.15, -0.1) is 0 Å². The third kappa shape index (κ3) is 5.26. The van der Waals surface area contributed by atoms with E-state index >= 15 is 0 Å². The minimum absolute atomic E-state index is 0.0695. The van der Waals surface area contributed by atoms with Gasteiger partial charge in [0.1, 0.15) is 11.6 Å². The van der Waals surface area contributed by atoms with Gasteiger partial charge in [-0.25, -0.2) is 27.5 Å². The number of hydrogen-bond donors (Lipinski definition) is 1. The van der Waals surface area contributed by atoms with Crippen molar-refractivity contribution < 1.29 is 27.1 Å². The van der Waals surface area contributed by atoms with Crippen molar-refractivity contribution in [3.63, 3.8) is 0 Å². The van der Waals surface area contributed by atoms with Crippen molar-refractivity contribution in [1.29, 1.82) is 0 Å². The molecule has 0 bridgehead atoms. The molecule has 1 N–H and O–H groups in total. The van der Waals surface area contributed by atoms with Gasteiger partial charge in [0.05, 0.1) is 24.1 Å². The van der Waals surface area contributed by atoms with Gasteiger partial charge in [-0.1, -0.05) is 13.3 Å². The number of benzene rings is 1. The third-order valence-corrected chi connectivity index (χ3v) is 6.34. The second-order valence-electron chi connectivity index (χ2n) is 8.53. The maximum absolute atomic E-state index is 14.8.